The van der Waals surface area contributed by atoms with E-state index in [-0.39, 0.29) is 4.90 Å². The number of sulfonamides is 1. The summed E-state index contributed by atoms with van der Waals surface area (Å²) in [6.45, 7) is 5.35. The number of benzene rings is 1. The molecular weight excluding hydrogens is 295 g/mol. The first kappa shape index (κ1) is 17.6. The molecule has 0 heterocycles. The molecule has 1 aromatic rings. The van der Waals surface area contributed by atoms with Crippen molar-refractivity contribution in [2.24, 2.45) is 0 Å². The van der Waals surface area contributed by atoms with Crippen LogP contribution >= 0.6 is 0 Å². The lowest BCUT2D eigenvalue weighted by molar-refractivity contribution is 0.0103. The highest BCUT2D eigenvalue weighted by atomic mass is 32.2. The van der Waals surface area contributed by atoms with Gasteiger partial charge < -0.3 is 4.74 Å². The molecule has 0 radical (unpaired) electrons. The van der Waals surface area contributed by atoms with Gasteiger partial charge in [-0.15, -0.1) is 0 Å². The second-order valence-corrected chi connectivity index (χ2v) is 7.10. The van der Waals surface area contributed by atoms with Crippen LogP contribution in [0.2, 0.25) is 0 Å². The number of methoxy groups -OCH3 is 1. The van der Waals surface area contributed by atoms with Crippen LogP contribution in [0.15, 0.2) is 23.1 Å². The molecule has 0 unspecified atom stereocenters. The zero-order chi connectivity index (χ0) is 16.3. The van der Waals surface area contributed by atoms with Crippen molar-refractivity contribution in [3.8, 4) is 6.07 Å². The molecule has 0 spiro atoms. The van der Waals surface area contributed by atoms with Crippen LogP contribution in [-0.2, 0) is 14.8 Å². The summed E-state index contributed by atoms with van der Waals surface area (Å²) in [5, 5.41) is 8.92. The zero-order valence-corrected chi connectivity index (χ0v) is 13.3. The summed E-state index contributed by atoms with van der Waals surface area (Å²) >= 11 is 0. The molecule has 1 N–H and O–H groups in total. The van der Waals surface area contributed by atoms with Crippen LogP contribution in [0.3, 0.4) is 0 Å². The number of hydrogen-bond donors (Lipinski definition) is 1. The molecule has 1 atom stereocenters. The van der Waals surface area contributed by atoms with Crippen molar-refractivity contribution < 1.29 is 17.5 Å². The van der Waals surface area contributed by atoms with Gasteiger partial charge in [-0.3, -0.25) is 0 Å². The van der Waals surface area contributed by atoms with Crippen molar-refractivity contribution in [3.63, 3.8) is 0 Å². The van der Waals surface area contributed by atoms with E-state index in [1.54, 1.807) is 20.1 Å². The monoisotopic (exact) mass is 314 g/mol. The molecule has 0 saturated heterocycles. The average Bonchev–Trinajstić information content (AvgIpc) is 2.37. The molecule has 116 valence electrons. The molecule has 0 fully saturated rings. The Hall–Kier alpha value is -1.49. The van der Waals surface area contributed by atoms with Gasteiger partial charge in [0.25, 0.3) is 0 Å². The number of hydrogen-bond acceptors (Lipinski definition) is 4. The maximum absolute atomic E-state index is 13.5. The maximum atomic E-state index is 13.5. The largest absolute Gasteiger partial charge is 0.379 e. The van der Waals surface area contributed by atoms with Gasteiger partial charge in [0.05, 0.1) is 5.60 Å². The van der Waals surface area contributed by atoms with Gasteiger partial charge in [0.2, 0.25) is 10.0 Å². The van der Waals surface area contributed by atoms with Crippen LogP contribution in [0.5, 0.6) is 0 Å². The fourth-order valence-corrected chi connectivity index (χ4v) is 3.44. The average molecular weight is 314 g/mol. The molecular formula is C14H19FN2O3S. The highest BCUT2D eigenvalue weighted by Gasteiger charge is 2.26. The summed E-state index contributed by atoms with van der Waals surface area (Å²) in [4.78, 5) is -0.355. The third kappa shape index (κ3) is 4.49. The lowest BCUT2D eigenvalue weighted by atomic mass is 10.0. The van der Waals surface area contributed by atoms with Gasteiger partial charge in [0.1, 0.15) is 22.3 Å². The van der Waals surface area contributed by atoms with Gasteiger partial charge in [-0.1, -0.05) is 6.07 Å². The molecule has 0 aliphatic rings. The van der Waals surface area contributed by atoms with E-state index >= 15 is 0 Å². The van der Waals surface area contributed by atoms with Gasteiger partial charge in [-0.05, 0) is 39.3 Å². The zero-order valence-electron chi connectivity index (χ0n) is 12.5. The topological polar surface area (TPSA) is 79.2 Å². The minimum Gasteiger partial charge on any atom is -0.379 e. The highest BCUT2D eigenvalue weighted by Crippen LogP contribution is 2.20. The van der Waals surface area contributed by atoms with Gasteiger partial charge >= 0.3 is 0 Å². The quantitative estimate of drug-likeness (QED) is 0.873. The Kier molecular flexibility index (Phi) is 5.45. The van der Waals surface area contributed by atoms with E-state index in [0.717, 1.165) is 6.07 Å². The lowest BCUT2D eigenvalue weighted by Gasteiger charge is -2.27. The Labute approximate surface area is 124 Å². The lowest BCUT2D eigenvalue weighted by Crippen LogP contribution is -2.39. The fraction of sp³-hybridized carbons (Fsp3) is 0.500. The molecule has 0 aliphatic carbocycles. The summed E-state index contributed by atoms with van der Waals surface area (Å²) in [6.07, 6.45) is 0.430. The molecule has 7 heteroatoms. The van der Waals surface area contributed by atoms with Crippen LogP contribution in [0.25, 0.3) is 0 Å². The number of nitrogens with one attached hydrogen (secondary N) is 1. The first-order chi connectivity index (χ1) is 9.63. The van der Waals surface area contributed by atoms with Gasteiger partial charge in [-0.25, -0.2) is 17.5 Å². The summed E-state index contributed by atoms with van der Waals surface area (Å²) in [5.74, 6) is -0.856. The van der Waals surface area contributed by atoms with E-state index < -0.39 is 33.0 Å². The Morgan fingerprint density at radius 2 is 2.10 bits per heavy atom. The predicted octanol–water partition coefficient (Wildman–Crippen LogP) is 2.18. The summed E-state index contributed by atoms with van der Waals surface area (Å²) in [7, 11) is -2.43. The summed E-state index contributed by atoms with van der Waals surface area (Å²) < 4.78 is 45.8. The van der Waals surface area contributed by atoms with E-state index in [2.05, 4.69) is 4.72 Å². The Morgan fingerprint density at radius 1 is 1.48 bits per heavy atom. The Morgan fingerprint density at radius 3 is 2.62 bits per heavy atom. The summed E-state index contributed by atoms with van der Waals surface area (Å²) in [6, 6.07) is 4.67. The predicted molar refractivity (Wildman–Crippen MR) is 76.6 cm³/mol. The van der Waals surface area contributed by atoms with Crippen LogP contribution in [0.1, 0.15) is 32.8 Å². The SMILES string of the molecule is COC(C)(C)C[C@H](C)NS(=O)(=O)c1cccc(F)c1C#N. The van der Waals surface area contributed by atoms with Crippen LogP contribution in [0, 0.1) is 17.1 Å². The maximum Gasteiger partial charge on any atom is 0.242 e. The number of rotatable bonds is 6. The van der Waals surface area contributed by atoms with Crippen molar-refractivity contribution in [1.82, 2.24) is 4.72 Å². The van der Waals surface area contributed by atoms with E-state index in [9.17, 15) is 12.8 Å². The molecule has 0 aromatic heterocycles. The number of ether oxygens (including phenoxy) is 1. The second-order valence-electron chi connectivity index (χ2n) is 5.42. The highest BCUT2D eigenvalue weighted by molar-refractivity contribution is 7.89. The molecule has 1 rings (SSSR count). The molecule has 0 saturated carbocycles. The molecule has 0 amide bonds. The molecule has 5 nitrogen and oxygen atoms in total. The van der Waals surface area contributed by atoms with E-state index in [0.29, 0.717) is 6.42 Å². The van der Waals surface area contributed by atoms with Crippen molar-refractivity contribution in [2.45, 2.75) is 43.7 Å². The minimum atomic E-state index is -3.97. The summed E-state index contributed by atoms with van der Waals surface area (Å²) in [5.41, 5.74) is -0.981. The normalized spacial score (nSPS) is 13.7. The van der Waals surface area contributed by atoms with Crippen LogP contribution in [0.4, 0.5) is 4.39 Å². The van der Waals surface area contributed by atoms with Crippen molar-refractivity contribution in [2.75, 3.05) is 7.11 Å². The number of halogens is 1. The van der Waals surface area contributed by atoms with E-state index in [1.807, 2.05) is 13.8 Å². The standard InChI is InChI=1S/C14H19FN2O3S/c1-10(8-14(2,3)20-4)17-21(18,19)13-7-5-6-12(15)11(13)9-16/h5-7,10,17H,8H2,1-4H3/t10-/m0/s1. The van der Waals surface area contributed by atoms with Gasteiger partial charge in [0, 0.05) is 13.2 Å². The molecule has 0 aliphatic heterocycles. The Balaban J connectivity index is 3.04. The third-order valence-corrected chi connectivity index (χ3v) is 4.72. The molecule has 1 aromatic carbocycles. The number of nitriles is 1. The third-order valence-electron chi connectivity index (χ3n) is 3.08. The van der Waals surface area contributed by atoms with Crippen LogP contribution < -0.4 is 4.72 Å². The second kappa shape index (κ2) is 6.52. The van der Waals surface area contributed by atoms with Crippen molar-refractivity contribution >= 4 is 10.0 Å². The molecule has 0 bridgehead atoms. The Bertz CT molecular complexity index is 651. The van der Waals surface area contributed by atoms with Crippen molar-refractivity contribution in [3.05, 3.63) is 29.6 Å². The fourth-order valence-electron chi connectivity index (χ4n) is 2.03. The smallest absolute Gasteiger partial charge is 0.242 e. The van der Waals surface area contributed by atoms with Crippen molar-refractivity contribution in [1.29, 1.82) is 5.26 Å². The van der Waals surface area contributed by atoms with Gasteiger partial charge in [-0.2, -0.15) is 5.26 Å². The minimum absolute atomic E-state index is 0.355. The van der Waals surface area contributed by atoms with E-state index in [1.165, 1.54) is 12.1 Å². The molecule has 21 heavy (non-hydrogen) atoms. The number of nitrogens with zero attached hydrogens (tertiary/aromatic N) is 1. The van der Waals surface area contributed by atoms with Crippen LogP contribution in [-0.4, -0.2) is 27.2 Å². The first-order valence-electron chi connectivity index (χ1n) is 6.39. The van der Waals surface area contributed by atoms with Gasteiger partial charge in [0.15, 0.2) is 0 Å². The first-order valence-corrected chi connectivity index (χ1v) is 7.87. The van der Waals surface area contributed by atoms with E-state index in [4.69, 9.17) is 10.00 Å².